The van der Waals surface area contributed by atoms with E-state index in [-0.39, 0.29) is 5.91 Å². The first-order chi connectivity index (χ1) is 10.2. The van der Waals surface area contributed by atoms with Gasteiger partial charge in [-0.05, 0) is 43.1 Å². The average Bonchev–Trinajstić information content (AvgIpc) is 3.15. The Morgan fingerprint density at radius 3 is 2.76 bits per heavy atom. The van der Waals surface area contributed by atoms with Crippen molar-refractivity contribution in [2.75, 3.05) is 41.8 Å². The third-order valence-electron chi connectivity index (χ3n) is 4.12. The van der Waals surface area contributed by atoms with Crippen molar-refractivity contribution in [3.63, 3.8) is 0 Å². The van der Waals surface area contributed by atoms with E-state index in [9.17, 15) is 4.79 Å². The third kappa shape index (κ3) is 3.63. The van der Waals surface area contributed by atoms with Gasteiger partial charge in [-0.1, -0.05) is 11.3 Å². The molecule has 1 aromatic heterocycles. The monoisotopic (exact) mass is 326 g/mol. The van der Waals surface area contributed by atoms with E-state index in [2.05, 4.69) is 15.2 Å². The molecule has 0 saturated carbocycles. The Balaban J connectivity index is 1.58. The number of carbonyl (C=O) groups excluding carboxylic acids is 1. The maximum absolute atomic E-state index is 12.3. The fourth-order valence-electron chi connectivity index (χ4n) is 2.79. The zero-order valence-corrected chi connectivity index (χ0v) is 13.8. The summed E-state index contributed by atoms with van der Waals surface area (Å²) < 4.78 is 0. The van der Waals surface area contributed by atoms with Crippen LogP contribution >= 0.6 is 23.1 Å². The molecule has 0 atom stereocenters. The molecular weight excluding hydrogens is 304 g/mol. The van der Waals surface area contributed by atoms with Gasteiger partial charge in [-0.15, -0.1) is 0 Å². The Morgan fingerprint density at radius 2 is 2.05 bits per heavy atom. The van der Waals surface area contributed by atoms with E-state index >= 15 is 0 Å². The molecule has 2 saturated heterocycles. The molecule has 2 aliphatic heterocycles. The zero-order chi connectivity index (χ0) is 14.7. The highest BCUT2D eigenvalue weighted by Crippen LogP contribution is 2.30. The number of nitrogens with zero attached hydrogens (tertiary/aromatic N) is 2. The molecule has 0 aromatic carbocycles. The Morgan fingerprint density at radius 1 is 1.33 bits per heavy atom. The van der Waals surface area contributed by atoms with E-state index in [1.807, 2.05) is 11.8 Å². The van der Waals surface area contributed by atoms with Crippen LogP contribution in [0.5, 0.6) is 0 Å². The minimum absolute atomic E-state index is 0.0614. The first-order valence-corrected chi connectivity index (χ1v) is 9.58. The number of nitrogen functional groups attached to an aromatic ring is 1. The molecule has 21 heavy (non-hydrogen) atoms. The fraction of sp³-hybridized carbons (Fsp3) is 0.714. The van der Waals surface area contributed by atoms with Gasteiger partial charge in [0.1, 0.15) is 10.7 Å². The number of nitrogens with one attached hydrogen (secondary N) is 1. The number of nitrogens with two attached hydrogens (primary N) is 1. The highest BCUT2D eigenvalue weighted by molar-refractivity contribution is 7.99. The molecule has 0 unspecified atom stereocenters. The molecule has 0 bridgehead atoms. The van der Waals surface area contributed by atoms with E-state index in [4.69, 9.17) is 5.73 Å². The largest absolute Gasteiger partial charge is 0.382 e. The molecule has 1 aromatic rings. The summed E-state index contributed by atoms with van der Waals surface area (Å²) in [6.07, 6.45) is 4.78. The number of aromatic nitrogens is 1. The van der Waals surface area contributed by atoms with Gasteiger partial charge in [0.05, 0.1) is 0 Å². The fourth-order valence-corrected chi connectivity index (χ4v) is 4.95. The van der Waals surface area contributed by atoms with E-state index in [0.29, 0.717) is 16.6 Å². The minimum Gasteiger partial charge on any atom is -0.382 e. The van der Waals surface area contributed by atoms with Crippen LogP contribution in [0.4, 0.5) is 10.9 Å². The van der Waals surface area contributed by atoms with Crippen LogP contribution < -0.4 is 16.0 Å². The molecule has 5 nitrogen and oxygen atoms in total. The van der Waals surface area contributed by atoms with Gasteiger partial charge in [-0.3, -0.25) is 4.79 Å². The summed E-state index contributed by atoms with van der Waals surface area (Å²) in [5, 5.41) is 3.93. The highest BCUT2D eigenvalue weighted by Gasteiger charge is 2.22. The quantitative estimate of drug-likeness (QED) is 0.887. The number of rotatable bonds is 4. The Kier molecular flexibility index (Phi) is 4.90. The van der Waals surface area contributed by atoms with Crippen LogP contribution in [0.25, 0.3) is 0 Å². The summed E-state index contributed by atoms with van der Waals surface area (Å²) in [6.45, 7) is 2.80. The molecule has 2 aliphatic rings. The first kappa shape index (κ1) is 15.0. The Bertz CT molecular complexity index is 493. The molecular formula is C14H22N4OS2. The number of thiazole rings is 1. The number of hydrogen-bond acceptors (Lipinski definition) is 6. The summed E-state index contributed by atoms with van der Waals surface area (Å²) in [7, 11) is 0. The number of amides is 1. The standard InChI is InChI=1S/C14H22N4OS2/c15-12-11(21-14(17-12)18-5-1-2-6-18)13(19)16-9-10-3-7-20-8-4-10/h10H,1-9,15H2,(H,16,19). The smallest absolute Gasteiger partial charge is 0.265 e. The second-order valence-electron chi connectivity index (χ2n) is 5.67. The predicted molar refractivity (Wildman–Crippen MR) is 90.4 cm³/mol. The maximum atomic E-state index is 12.3. The van der Waals surface area contributed by atoms with Crippen molar-refractivity contribution < 1.29 is 4.79 Å². The SMILES string of the molecule is Nc1nc(N2CCCC2)sc1C(=O)NCC1CCSCC1. The van der Waals surface area contributed by atoms with Gasteiger partial charge in [0.2, 0.25) is 0 Å². The van der Waals surface area contributed by atoms with Crippen LogP contribution in [0.1, 0.15) is 35.4 Å². The summed E-state index contributed by atoms with van der Waals surface area (Å²) in [5.41, 5.74) is 5.93. The summed E-state index contributed by atoms with van der Waals surface area (Å²) in [5.74, 6) is 3.35. The van der Waals surface area contributed by atoms with Gasteiger partial charge in [-0.2, -0.15) is 11.8 Å². The van der Waals surface area contributed by atoms with Gasteiger partial charge in [0.25, 0.3) is 5.91 Å². The number of hydrogen-bond donors (Lipinski definition) is 2. The predicted octanol–water partition coefficient (Wildman–Crippen LogP) is 2.20. The lowest BCUT2D eigenvalue weighted by Gasteiger charge is -2.21. The van der Waals surface area contributed by atoms with Crippen molar-refractivity contribution in [2.24, 2.45) is 5.92 Å². The van der Waals surface area contributed by atoms with Gasteiger partial charge in [-0.25, -0.2) is 4.98 Å². The van der Waals surface area contributed by atoms with Crippen molar-refractivity contribution in [3.05, 3.63) is 4.88 Å². The average molecular weight is 326 g/mol. The Hall–Kier alpha value is -0.950. The van der Waals surface area contributed by atoms with Crippen LogP contribution in [0, 0.1) is 5.92 Å². The minimum atomic E-state index is -0.0614. The number of carbonyl (C=O) groups is 1. The van der Waals surface area contributed by atoms with Gasteiger partial charge >= 0.3 is 0 Å². The molecule has 7 heteroatoms. The van der Waals surface area contributed by atoms with Crippen LogP contribution in [0.15, 0.2) is 0 Å². The van der Waals surface area contributed by atoms with E-state index < -0.39 is 0 Å². The lowest BCUT2D eigenvalue weighted by atomic mass is 10.0. The molecule has 1 amide bonds. The Labute approximate surface area is 133 Å². The van der Waals surface area contributed by atoms with Crippen LogP contribution in [-0.2, 0) is 0 Å². The second-order valence-corrected chi connectivity index (χ2v) is 7.87. The van der Waals surface area contributed by atoms with E-state index in [0.717, 1.165) is 24.8 Å². The van der Waals surface area contributed by atoms with Gasteiger partial charge < -0.3 is 16.0 Å². The molecule has 0 radical (unpaired) electrons. The first-order valence-electron chi connectivity index (χ1n) is 7.61. The lowest BCUT2D eigenvalue weighted by molar-refractivity contribution is 0.0951. The molecule has 116 valence electrons. The van der Waals surface area contributed by atoms with Gasteiger partial charge in [0.15, 0.2) is 5.13 Å². The van der Waals surface area contributed by atoms with Crippen LogP contribution in [0.2, 0.25) is 0 Å². The van der Waals surface area contributed by atoms with Crippen LogP contribution in [-0.4, -0.2) is 42.0 Å². The third-order valence-corrected chi connectivity index (χ3v) is 6.30. The van der Waals surface area contributed by atoms with Crippen molar-refractivity contribution in [3.8, 4) is 0 Å². The summed E-state index contributed by atoms with van der Waals surface area (Å²) >= 11 is 3.43. The van der Waals surface area contributed by atoms with Crippen molar-refractivity contribution in [2.45, 2.75) is 25.7 Å². The van der Waals surface area contributed by atoms with E-state index in [1.165, 1.54) is 48.5 Å². The molecule has 2 fully saturated rings. The topological polar surface area (TPSA) is 71.2 Å². The van der Waals surface area contributed by atoms with Crippen molar-refractivity contribution in [1.82, 2.24) is 10.3 Å². The van der Waals surface area contributed by atoms with E-state index in [1.54, 1.807) is 0 Å². The van der Waals surface area contributed by atoms with Crippen molar-refractivity contribution in [1.29, 1.82) is 0 Å². The lowest BCUT2D eigenvalue weighted by Crippen LogP contribution is -2.30. The molecule has 0 aliphatic carbocycles. The van der Waals surface area contributed by atoms with Crippen molar-refractivity contribution >= 4 is 40.0 Å². The number of anilines is 2. The summed E-state index contributed by atoms with van der Waals surface area (Å²) in [6, 6.07) is 0. The maximum Gasteiger partial charge on any atom is 0.265 e. The molecule has 3 heterocycles. The zero-order valence-electron chi connectivity index (χ0n) is 12.1. The molecule has 0 spiro atoms. The van der Waals surface area contributed by atoms with Crippen LogP contribution in [0.3, 0.4) is 0 Å². The summed E-state index contributed by atoms with van der Waals surface area (Å²) in [4.78, 5) is 19.4. The highest BCUT2D eigenvalue weighted by atomic mass is 32.2. The normalized spacial score (nSPS) is 19.9. The van der Waals surface area contributed by atoms with Gasteiger partial charge in [0, 0.05) is 19.6 Å². The molecule has 3 rings (SSSR count). The second kappa shape index (κ2) is 6.87. The number of thioether (sulfide) groups is 1. The molecule has 3 N–H and O–H groups in total.